The predicted octanol–water partition coefficient (Wildman–Crippen LogP) is 0.655. The summed E-state index contributed by atoms with van der Waals surface area (Å²) in [5.74, 6) is 0. The third-order valence-corrected chi connectivity index (χ3v) is 2.35. The van der Waals surface area contributed by atoms with Crippen molar-refractivity contribution in [3.8, 4) is 0 Å². The fourth-order valence-electron chi connectivity index (χ4n) is 1.66. The zero-order valence-corrected chi connectivity index (χ0v) is 7.75. The van der Waals surface area contributed by atoms with Crippen molar-refractivity contribution in [2.24, 2.45) is 5.73 Å². The average Bonchev–Trinajstić information content (AvgIpc) is 2.35. The molecule has 0 aliphatic heterocycles. The van der Waals surface area contributed by atoms with Gasteiger partial charge in [0, 0.05) is 5.54 Å². The molecule has 0 spiro atoms. The second kappa shape index (κ2) is 4.21. The number of rotatable bonds is 4. The van der Waals surface area contributed by atoms with Crippen LogP contribution in [0.1, 0.15) is 32.6 Å². The van der Waals surface area contributed by atoms with E-state index in [0.29, 0.717) is 13.2 Å². The van der Waals surface area contributed by atoms with Gasteiger partial charge in [0.1, 0.15) is 0 Å². The van der Waals surface area contributed by atoms with Gasteiger partial charge in [-0.25, -0.2) is 0 Å². The van der Waals surface area contributed by atoms with E-state index in [0.717, 1.165) is 12.8 Å². The van der Waals surface area contributed by atoms with Gasteiger partial charge in [0.15, 0.2) is 0 Å². The molecule has 0 aromatic carbocycles. The average molecular weight is 173 g/mol. The summed E-state index contributed by atoms with van der Waals surface area (Å²) in [6, 6.07) is 0. The van der Waals surface area contributed by atoms with E-state index < -0.39 is 0 Å². The van der Waals surface area contributed by atoms with Crippen molar-refractivity contribution in [2.75, 3.05) is 13.2 Å². The van der Waals surface area contributed by atoms with Gasteiger partial charge in [-0.15, -0.1) is 0 Å². The van der Waals surface area contributed by atoms with Crippen molar-refractivity contribution in [1.82, 2.24) is 0 Å². The molecule has 1 aliphatic carbocycles. The summed E-state index contributed by atoms with van der Waals surface area (Å²) >= 11 is 0. The molecule has 72 valence electrons. The van der Waals surface area contributed by atoms with E-state index in [-0.39, 0.29) is 11.6 Å². The first-order chi connectivity index (χ1) is 5.62. The molecule has 1 unspecified atom stereocenters. The highest BCUT2D eigenvalue weighted by molar-refractivity contribution is 4.88. The highest BCUT2D eigenvalue weighted by Crippen LogP contribution is 2.27. The van der Waals surface area contributed by atoms with Crippen molar-refractivity contribution < 1.29 is 9.84 Å². The molecule has 1 rings (SSSR count). The second-order valence-corrected chi connectivity index (χ2v) is 3.93. The maximum Gasteiger partial charge on any atom is 0.0745 e. The van der Waals surface area contributed by atoms with Crippen LogP contribution in [0.4, 0.5) is 0 Å². The molecule has 3 heteroatoms. The molecule has 0 radical (unpaired) electrons. The maximum atomic E-state index is 8.94. The lowest BCUT2D eigenvalue weighted by Crippen LogP contribution is -2.42. The van der Waals surface area contributed by atoms with Crippen molar-refractivity contribution in [3.05, 3.63) is 0 Å². The van der Waals surface area contributed by atoms with E-state index in [2.05, 4.69) is 0 Å². The topological polar surface area (TPSA) is 55.5 Å². The quantitative estimate of drug-likeness (QED) is 0.656. The van der Waals surface area contributed by atoms with Crippen molar-refractivity contribution in [1.29, 1.82) is 0 Å². The van der Waals surface area contributed by atoms with Crippen LogP contribution in [0.3, 0.4) is 0 Å². The lowest BCUT2D eigenvalue weighted by atomic mass is 10.0. The van der Waals surface area contributed by atoms with Crippen molar-refractivity contribution >= 4 is 0 Å². The molecular formula is C9H19NO2. The molecule has 1 saturated carbocycles. The van der Waals surface area contributed by atoms with Gasteiger partial charge < -0.3 is 15.6 Å². The summed E-state index contributed by atoms with van der Waals surface area (Å²) < 4.78 is 5.31. The fourth-order valence-corrected chi connectivity index (χ4v) is 1.66. The third kappa shape index (κ3) is 3.09. The second-order valence-electron chi connectivity index (χ2n) is 3.93. The molecule has 3 nitrogen and oxygen atoms in total. The minimum absolute atomic E-state index is 0.102. The molecule has 3 N–H and O–H groups in total. The SMILES string of the molecule is CC(O)COCC1(N)CCCC1. The molecule has 0 bridgehead atoms. The smallest absolute Gasteiger partial charge is 0.0745 e. The molecular weight excluding hydrogens is 154 g/mol. The van der Waals surface area contributed by atoms with Gasteiger partial charge in [-0.05, 0) is 19.8 Å². The van der Waals surface area contributed by atoms with Crippen LogP contribution in [0.25, 0.3) is 0 Å². The van der Waals surface area contributed by atoms with E-state index in [9.17, 15) is 0 Å². The zero-order chi connectivity index (χ0) is 9.03. The lowest BCUT2D eigenvalue weighted by Gasteiger charge is -2.23. The normalized spacial score (nSPS) is 24.2. The van der Waals surface area contributed by atoms with Crippen LogP contribution >= 0.6 is 0 Å². The molecule has 12 heavy (non-hydrogen) atoms. The molecule has 1 atom stereocenters. The Hall–Kier alpha value is -0.120. The van der Waals surface area contributed by atoms with Crippen LogP contribution in [0.5, 0.6) is 0 Å². The van der Waals surface area contributed by atoms with Crippen LogP contribution in [0, 0.1) is 0 Å². The largest absolute Gasteiger partial charge is 0.391 e. The molecule has 0 amide bonds. The van der Waals surface area contributed by atoms with Crippen LogP contribution in [-0.4, -0.2) is 30.0 Å². The fraction of sp³-hybridized carbons (Fsp3) is 1.00. The first-order valence-corrected chi connectivity index (χ1v) is 4.67. The first-order valence-electron chi connectivity index (χ1n) is 4.67. The number of hydrogen-bond acceptors (Lipinski definition) is 3. The van der Waals surface area contributed by atoms with Crippen LogP contribution in [0.15, 0.2) is 0 Å². The van der Waals surface area contributed by atoms with Gasteiger partial charge in [-0.3, -0.25) is 0 Å². The highest BCUT2D eigenvalue weighted by atomic mass is 16.5. The number of nitrogens with two attached hydrogens (primary N) is 1. The van der Waals surface area contributed by atoms with E-state index >= 15 is 0 Å². The van der Waals surface area contributed by atoms with E-state index in [1.165, 1.54) is 12.8 Å². The van der Waals surface area contributed by atoms with Crippen LogP contribution in [0.2, 0.25) is 0 Å². The van der Waals surface area contributed by atoms with Crippen LogP contribution in [-0.2, 0) is 4.74 Å². The summed E-state index contributed by atoms with van der Waals surface area (Å²) in [7, 11) is 0. The summed E-state index contributed by atoms with van der Waals surface area (Å²) in [6.07, 6.45) is 4.18. The van der Waals surface area contributed by atoms with Crippen molar-refractivity contribution in [2.45, 2.75) is 44.2 Å². The molecule has 0 aromatic heterocycles. The first kappa shape index (κ1) is 9.96. The maximum absolute atomic E-state index is 8.94. The molecule has 0 saturated heterocycles. The Morgan fingerprint density at radius 3 is 2.58 bits per heavy atom. The summed E-state index contributed by atoms with van der Waals surface area (Å²) in [4.78, 5) is 0. The molecule has 0 aromatic rings. The Balaban J connectivity index is 2.13. The Morgan fingerprint density at radius 1 is 1.50 bits per heavy atom. The van der Waals surface area contributed by atoms with Gasteiger partial charge in [-0.2, -0.15) is 0 Å². The summed E-state index contributed by atoms with van der Waals surface area (Å²) in [5.41, 5.74) is 5.94. The molecule has 1 aliphatic rings. The molecule has 1 fully saturated rings. The van der Waals surface area contributed by atoms with E-state index in [4.69, 9.17) is 15.6 Å². The van der Waals surface area contributed by atoms with Crippen molar-refractivity contribution in [3.63, 3.8) is 0 Å². The highest BCUT2D eigenvalue weighted by Gasteiger charge is 2.29. The predicted molar refractivity (Wildman–Crippen MR) is 47.9 cm³/mol. The Labute approximate surface area is 73.9 Å². The number of aliphatic hydroxyl groups is 1. The summed E-state index contributed by atoms with van der Waals surface area (Å²) in [5, 5.41) is 8.94. The molecule has 0 heterocycles. The zero-order valence-electron chi connectivity index (χ0n) is 7.75. The lowest BCUT2D eigenvalue weighted by molar-refractivity contribution is 0.0232. The van der Waals surface area contributed by atoms with Crippen LogP contribution < -0.4 is 5.73 Å². The third-order valence-electron chi connectivity index (χ3n) is 2.35. The standard InChI is InChI=1S/C9H19NO2/c1-8(11)6-12-7-9(10)4-2-3-5-9/h8,11H,2-7,10H2,1H3. The Kier molecular flexibility index (Phi) is 3.50. The minimum atomic E-state index is -0.380. The van der Waals surface area contributed by atoms with Gasteiger partial charge in [0.05, 0.1) is 19.3 Å². The van der Waals surface area contributed by atoms with Gasteiger partial charge >= 0.3 is 0 Å². The van der Waals surface area contributed by atoms with E-state index in [1.807, 2.05) is 0 Å². The van der Waals surface area contributed by atoms with E-state index in [1.54, 1.807) is 6.92 Å². The number of ether oxygens (including phenoxy) is 1. The summed E-state index contributed by atoms with van der Waals surface area (Å²) in [6.45, 7) is 2.72. The Morgan fingerprint density at radius 2 is 2.08 bits per heavy atom. The van der Waals surface area contributed by atoms with Gasteiger partial charge in [0.2, 0.25) is 0 Å². The minimum Gasteiger partial charge on any atom is -0.391 e. The van der Waals surface area contributed by atoms with Gasteiger partial charge in [0.25, 0.3) is 0 Å². The Bertz CT molecular complexity index is 130. The van der Waals surface area contributed by atoms with Gasteiger partial charge in [-0.1, -0.05) is 12.8 Å². The number of aliphatic hydroxyl groups excluding tert-OH is 1. The number of hydrogen-bond donors (Lipinski definition) is 2. The monoisotopic (exact) mass is 173 g/mol.